The average molecular weight is 244 g/mol. The molecule has 4 heteroatoms. The summed E-state index contributed by atoms with van der Waals surface area (Å²) in [7, 11) is 0. The van der Waals surface area contributed by atoms with Crippen molar-refractivity contribution >= 4 is 0 Å². The van der Waals surface area contributed by atoms with Gasteiger partial charge in [0.05, 0.1) is 6.10 Å². The van der Waals surface area contributed by atoms with Gasteiger partial charge in [-0.3, -0.25) is 0 Å². The predicted octanol–water partition coefficient (Wildman–Crippen LogP) is 3.06. The molecule has 0 heterocycles. The highest BCUT2D eigenvalue weighted by Crippen LogP contribution is 2.26. The molecule has 0 aromatic heterocycles. The number of hydrogen-bond acceptors (Lipinski definition) is 2. The van der Waals surface area contributed by atoms with E-state index in [0.29, 0.717) is 6.61 Å². The van der Waals surface area contributed by atoms with E-state index in [0.717, 1.165) is 12.1 Å². The van der Waals surface area contributed by atoms with Crippen LogP contribution in [-0.4, -0.2) is 17.8 Å². The van der Waals surface area contributed by atoms with Crippen LogP contribution in [0.25, 0.3) is 0 Å². The molecule has 1 aromatic carbocycles. The van der Waals surface area contributed by atoms with Gasteiger partial charge in [0, 0.05) is 18.2 Å². The molecule has 1 rings (SSSR count). The van der Waals surface area contributed by atoms with Gasteiger partial charge in [-0.05, 0) is 18.9 Å². The van der Waals surface area contributed by atoms with Crippen molar-refractivity contribution in [3.63, 3.8) is 0 Å². The smallest absolute Gasteiger partial charge is 0.132 e. The molecule has 96 valence electrons. The first-order valence-electron chi connectivity index (χ1n) is 5.72. The number of ether oxygens (including phenoxy) is 1. The van der Waals surface area contributed by atoms with Crippen molar-refractivity contribution in [3.05, 3.63) is 35.4 Å². The predicted molar refractivity (Wildman–Crippen MR) is 61.6 cm³/mol. The first-order valence-corrected chi connectivity index (χ1v) is 5.72. The van der Waals surface area contributed by atoms with E-state index in [1.54, 1.807) is 0 Å². The third-order valence-corrected chi connectivity index (χ3v) is 2.61. The highest BCUT2D eigenvalue weighted by atomic mass is 19.1. The molecule has 0 radical (unpaired) electrons. The summed E-state index contributed by atoms with van der Waals surface area (Å²) >= 11 is 0. The van der Waals surface area contributed by atoms with Crippen LogP contribution in [-0.2, 0) is 4.74 Å². The number of halogens is 2. The first kappa shape index (κ1) is 14.1. The monoisotopic (exact) mass is 244 g/mol. The molecule has 0 aliphatic heterocycles. The van der Waals surface area contributed by atoms with Gasteiger partial charge in [-0.25, -0.2) is 8.78 Å². The van der Waals surface area contributed by atoms with Gasteiger partial charge in [0.25, 0.3) is 0 Å². The molecule has 1 aromatic rings. The fourth-order valence-electron chi connectivity index (χ4n) is 1.76. The molecule has 2 atom stereocenters. The summed E-state index contributed by atoms with van der Waals surface area (Å²) in [6.45, 7) is 6.00. The van der Waals surface area contributed by atoms with Crippen LogP contribution in [0.15, 0.2) is 18.2 Å². The minimum Gasteiger partial charge on any atom is -0.386 e. The molecule has 0 fully saturated rings. The molecule has 17 heavy (non-hydrogen) atoms. The maximum atomic E-state index is 13.5. The van der Waals surface area contributed by atoms with Crippen molar-refractivity contribution in [2.75, 3.05) is 6.61 Å². The Morgan fingerprint density at radius 1 is 1.29 bits per heavy atom. The van der Waals surface area contributed by atoms with Crippen LogP contribution in [0.3, 0.4) is 0 Å². The van der Waals surface area contributed by atoms with E-state index < -0.39 is 23.8 Å². The molecule has 0 saturated heterocycles. The highest BCUT2D eigenvalue weighted by Gasteiger charge is 2.26. The van der Waals surface area contributed by atoms with Crippen LogP contribution in [0.4, 0.5) is 8.78 Å². The van der Waals surface area contributed by atoms with Crippen molar-refractivity contribution < 1.29 is 18.6 Å². The Morgan fingerprint density at radius 3 is 2.41 bits per heavy atom. The zero-order valence-corrected chi connectivity index (χ0v) is 10.3. The summed E-state index contributed by atoms with van der Waals surface area (Å²) in [5.74, 6) is -1.37. The van der Waals surface area contributed by atoms with Gasteiger partial charge in [-0.2, -0.15) is 0 Å². The van der Waals surface area contributed by atoms with E-state index in [1.165, 1.54) is 6.07 Å². The van der Waals surface area contributed by atoms with E-state index in [2.05, 4.69) is 0 Å². The van der Waals surface area contributed by atoms with Gasteiger partial charge >= 0.3 is 0 Å². The summed E-state index contributed by atoms with van der Waals surface area (Å²) in [6.07, 6.45) is -1.59. The lowest BCUT2D eigenvalue weighted by atomic mass is 9.95. The molecule has 0 saturated carbocycles. The minimum absolute atomic E-state index is 0.0365. The maximum absolute atomic E-state index is 13.5. The summed E-state index contributed by atoms with van der Waals surface area (Å²) in [4.78, 5) is 0. The summed E-state index contributed by atoms with van der Waals surface area (Å²) < 4.78 is 31.7. The van der Waals surface area contributed by atoms with Crippen molar-refractivity contribution in [3.8, 4) is 0 Å². The third-order valence-electron chi connectivity index (χ3n) is 2.61. The fraction of sp³-hybridized carbons (Fsp3) is 0.538. The molecule has 0 bridgehead atoms. The van der Waals surface area contributed by atoms with Gasteiger partial charge < -0.3 is 9.84 Å². The fourth-order valence-corrected chi connectivity index (χ4v) is 1.76. The first-order chi connectivity index (χ1) is 7.97. The van der Waals surface area contributed by atoms with E-state index in [-0.39, 0.29) is 11.5 Å². The van der Waals surface area contributed by atoms with Crippen molar-refractivity contribution in [1.82, 2.24) is 0 Å². The molecule has 2 nitrogen and oxygen atoms in total. The van der Waals surface area contributed by atoms with Crippen LogP contribution in [0.1, 0.15) is 32.4 Å². The Labute approximate surface area is 100 Å². The lowest BCUT2D eigenvalue weighted by Gasteiger charge is -2.26. The van der Waals surface area contributed by atoms with E-state index in [1.807, 2.05) is 20.8 Å². The molecule has 0 aliphatic rings. The Balaban J connectivity index is 2.96. The number of benzene rings is 1. The molecule has 2 unspecified atom stereocenters. The quantitative estimate of drug-likeness (QED) is 0.862. The topological polar surface area (TPSA) is 29.5 Å². The molecule has 0 spiro atoms. The van der Waals surface area contributed by atoms with Gasteiger partial charge in [0.1, 0.15) is 17.7 Å². The molecule has 1 N–H and O–H groups in total. The molecule has 0 aliphatic carbocycles. The van der Waals surface area contributed by atoms with Crippen LogP contribution in [0, 0.1) is 17.6 Å². The van der Waals surface area contributed by atoms with Crippen LogP contribution >= 0.6 is 0 Å². The van der Waals surface area contributed by atoms with E-state index >= 15 is 0 Å². The Kier molecular flexibility index (Phi) is 5.02. The van der Waals surface area contributed by atoms with Crippen LogP contribution < -0.4 is 0 Å². The SMILES string of the molecule is CCOC(C(C)C)C(O)c1ccc(F)cc1F. The van der Waals surface area contributed by atoms with Gasteiger partial charge in [0.2, 0.25) is 0 Å². The van der Waals surface area contributed by atoms with Crippen LogP contribution in [0.2, 0.25) is 0 Å². The van der Waals surface area contributed by atoms with Gasteiger partial charge in [-0.1, -0.05) is 19.9 Å². The Bertz CT molecular complexity index is 366. The lowest BCUT2D eigenvalue weighted by Crippen LogP contribution is -2.28. The van der Waals surface area contributed by atoms with Gasteiger partial charge in [-0.15, -0.1) is 0 Å². The summed E-state index contributed by atoms with van der Waals surface area (Å²) in [5.41, 5.74) is 0.0681. The standard InChI is InChI=1S/C13H18F2O2/c1-4-17-13(8(2)3)12(16)10-6-5-9(14)7-11(10)15/h5-8,12-13,16H,4H2,1-3H3. The minimum atomic E-state index is -1.09. The lowest BCUT2D eigenvalue weighted by molar-refractivity contribution is -0.0597. The Hall–Kier alpha value is -1.00. The van der Waals surface area contributed by atoms with Gasteiger partial charge in [0.15, 0.2) is 0 Å². The summed E-state index contributed by atoms with van der Waals surface area (Å²) in [5, 5.41) is 10.1. The largest absolute Gasteiger partial charge is 0.386 e. The normalized spacial score (nSPS) is 15.0. The average Bonchev–Trinajstić information content (AvgIpc) is 2.24. The number of rotatable bonds is 5. The molecular weight excluding hydrogens is 226 g/mol. The van der Waals surface area contributed by atoms with Crippen LogP contribution in [0.5, 0.6) is 0 Å². The number of aliphatic hydroxyl groups is 1. The highest BCUT2D eigenvalue weighted by molar-refractivity contribution is 5.22. The van der Waals surface area contributed by atoms with Crippen molar-refractivity contribution in [2.45, 2.75) is 33.0 Å². The van der Waals surface area contributed by atoms with E-state index in [4.69, 9.17) is 4.74 Å². The number of hydrogen-bond donors (Lipinski definition) is 1. The Morgan fingerprint density at radius 2 is 1.94 bits per heavy atom. The van der Waals surface area contributed by atoms with E-state index in [9.17, 15) is 13.9 Å². The second kappa shape index (κ2) is 6.07. The molecular formula is C13H18F2O2. The van der Waals surface area contributed by atoms with Crippen molar-refractivity contribution in [1.29, 1.82) is 0 Å². The number of aliphatic hydroxyl groups excluding tert-OH is 1. The third kappa shape index (κ3) is 3.48. The second-order valence-electron chi connectivity index (χ2n) is 4.27. The second-order valence-corrected chi connectivity index (χ2v) is 4.27. The maximum Gasteiger partial charge on any atom is 0.132 e. The molecule has 0 amide bonds. The zero-order chi connectivity index (χ0) is 13.0. The zero-order valence-electron chi connectivity index (χ0n) is 10.3. The summed E-state index contributed by atoms with van der Waals surface area (Å²) in [6, 6.07) is 3.15. The van der Waals surface area contributed by atoms with Crippen molar-refractivity contribution in [2.24, 2.45) is 5.92 Å².